The highest BCUT2D eigenvalue weighted by atomic mass is 35.5. The van der Waals surface area contributed by atoms with Gasteiger partial charge >= 0.3 is 12.1 Å². The second kappa shape index (κ2) is 15.7. The number of quaternary nitrogens is 1. The number of hydrogen-bond donors (Lipinski definition) is 5. The minimum absolute atomic E-state index is 0.0306. The van der Waals surface area contributed by atoms with Gasteiger partial charge in [-0.05, 0) is 24.3 Å². The van der Waals surface area contributed by atoms with Crippen LogP contribution in [0.2, 0.25) is 5.02 Å². The van der Waals surface area contributed by atoms with Crippen LogP contribution in [0.4, 0.5) is 18.9 Å². The summed E-state index contributed by atoms with van der Waals surface area (Å²) in [5, 5.41) is 21.5. The molecule has 8 rings (SSSR count). The first-order valence-corrected chi connectivity index (χ1v) is 19.5. The first-order valence-electron chi connectivity index (χ1n) is 19.1. The van der Waals surface area contributed by atoms with E-state index in [4.69, 9.17) is 11.6 Å². The van der Waals surface area contributed by atoms with Crippen LogP contribution in [0, 0.1) is 11.8 Å². The summed E-state index contributed by atoms with van der Waals surface area (Å²) in [5.74, 6) is -1.88. The molecule has 17 nitrogen and oxygen atoms in total. The molecule has 5 aromatic rings. The van der Waals surface area contributed by atoms with Gasteiger partial charge in [0.1, 0.15) is 5.69 Å². The fourth-order valence-electron chi connectivity index (χ4n) is 8.37. The van der Waals surface area contributed by atoms with Crippen LogP contribution in [0.1, 0.15) is 39.5 Å². The molecule has 3 saturated heterocycles. The maximum atomic E-state index is 14.2. The number of likely N-dealkylation sites (tertiary alicyclic amines) is 1. The van der Waals surface area contributed by atoms with Crippen molar-refractivity contribution in [3.63, 3.8) is 0 Å². The number of carbonyl (C=O) groups excluding carboxylic acids is 3. The molecule has 1 aromatic carbocycles. The first kappa shape index (κ1) is 39.9. The molecule has 3 amide bonds. The summed E-state index contributed by atoms with van der Waals surface area (Å²) in [5.41, 5.74) is -0.333. The number of carbonyl (C=O) groups is 4. The highest BCUT2D eigenvalue weighted by Crippen LogP contribution is 2.41. The highest BCUT2D eigenvalue weighted by Gasteiger charge is 2.43. The van der Waals surface area contributed by atoms with E-state index in [1.807, 2.05) is 0 Å². The third kappa shape index (κ3) is 7.98. The minimum atomic E-state index is -4.86. The summed E-state index contributed by atoms with van der Waals surface area (Å²) < 4.78 is 44.3. The zero-order valence-corrected chi connectivity index (χ0v) is 32.6. The van der Waals surface area contributed by atoms with Crippen molar-refractivity contribution in [3.05, 3.63) is 65.0 Å². The van der Waals surface area contributed by atoms with E-state index in [0.717, 1.165) is 25.8 Å². The van der Waals surface area contributed by atoms with E-state index in [-0.39, 0.29) is 69.2 Å². The van der Waals surface area contributed by atoms with Crippen LogP contribution in [0.25, 0.3) is 33.8 Å². The first-order chi connectivity index (χ1) is 28.2. The number of piperidine rings is 1. The van der Waals surface area contributed by atoms with Gasteiger partial charge < -0.3 is 39.6 Å². The van der Waals surface area contributed by atoms with Gasteiger partial charge in [0.2, 0.25) is 5.91 Å². The van der Waals surface area contributed by atoms with Crippen LogP contribution in [-0.2, 0) is 22.8 Å². The predicted molar refractivity (Wildman–Crippen MR) is 207 cm³/mol. The zero-order valence-electron chi connectivity index (χ0n) is 31.9. The van der Waals surface area contributed by atoms with Gasteiger partial charge in [0.25, 0.3) is 11.8 Å². The molecule has 0 saturated carbocycles. The Morgan fingerprint density at radius 3 is 2.41 bits per heavy atom. The number of aromatic amines is 2. The lowest BCUT2D eigenvalue weighted by molar-refractivity contribution is -0.929. The number of aliphatic carboxylic acids is 1. The molecule has 0 bridgehead atoms. The van der Waals surface area contributed by atoms with Crippen molar-refractivity contribution in [1.29, 1.82) is 0 Å². The number of fused-ring (bicyclic) bond motifs is 1. The number of nitrogens with one attached hydrogen (secondary N) is 4. The number of amides is 3. The van der Waals surface area contributed by atoms with Crippen LogP contribution in [0.5, 0.6) is 0 Å². The summed E-state index contributed by atoms with van der Waals surface area (Å²) >= 11 is 6.56. The molecule has 3 aliphatic heterocycles. The Bertz CT molecular complexity index is 2430. The van der Waals surface area contributed by atoms with Gasteiger partial charge in [0, 0.05) is 82.9 Å². The highest BCUT2D eigenvalue weighted by molar-refractivity contribution is 6.34. The maximum absolute atomic E-state index is 14.2. The molecule has 0 atom stereocenters. The Balaban J connectivity index is 0.896. The van der Waals surface area contributed by atoms with Gasteiger partial charge in [-0.25, -0.2) is 19.7 Å². The molecule has 0 radical (unpaired) electrons. The van der Waals surface area contributed by atoms with E-state index in [2.05, 4.69) is 40.8 Å². The zero-order chi connectivity index (χ0) is 41.6. The van der Waals surface area contributed by atoms with Gasteiger partial charge in [-0.15, -0.1) is 0 Å². The number of rotatable bonds is 10. The van der Waals surface area contributed by atoms with E-state index in [1.165, 1.54) is 36.0 Å². The van der Waals surface area contributed by atoms with Gasteiger partial charge in [0.15, 0.2) is 23.9 Å². The molecule has 5 N–H and O–H groups in total. The van der Waals surface area contributed by atoms with Crippen LogP contribution in [0.15, 0.2) is 42.9 Å². The summed E-state index contributed by atoms with van der Waals surface area (Å²) in [6.45, 7) is 5.22. The number of carboxylic acids is 1. The predicted octanol–water partition coefficient (Wildman–Crippen LogP) is 3.49. The quantitative estimate of drug-likeness (QED) is 0.130. The minimum Gasteiger partial charge on any atom is -0.477 e. The number of carboxylic acid groups (broad SMARTS) is 1. The van der Waals surface area contributed by atoms with Crippen LogP contribution in [0.3, 0.4) is 0 Å². The molecule has 21 heteroatoms. The number of hydrogen-bond acceptors (Lipinski definition) is 9. The second-order valence-electron chi connectivity index (χ2n) is 15.4. The number of H-pyrrole nitrogens is 2. The second-order valence-corrected chi connectivity index (χ2v) is 15.8. The number of alkyl halides is 3. The van der Waals surface area contributed by atoms with Crippen LogP contribution in [-0.4, -0.2) is 143 Å². The molecule has 3 aliphatic rings. The molecule has 0 spiro atoms. The molecule has 0 unspecified atom stereocenters. The van der Waals surface area contributed by atoms with Crippen molar-refractivity contribution in [3.8, 4) is 22.8 Å². The van der Waals surface area contributed by atoms with E-state index >= 15 is 0 Å². The van der Waals surface area contributed by atoms with Crippen LogP contribution < -0.4 is 10.6 Å². The molecule has 0 aliphatic carbocycles. The molecule has 59 heavy (non-hydrogen) atoms. The Morgan fingerprint density at radius 1 is 1.02 bits per heavy atom. The number of benzene rings is 1. The number of nitrogens with zero attached hydrogens (tertiary/aromatic N) is 8. The number of aromatic nitrogens is 7. The number of imidazole rings is 1. The Morgan fingerprint density at radius 2 is 1.75 bits per heavy atom. The fourth-order valence-corrected chi connectivity index (χ4v) is 8.63. The number of halogens is 4. The fraction of sp³-hybridized carbons (Fsp3) is 0.421. The Hall–Kier alpha value is -5.86. The monoisotopic (exact) mass is 837 g/mol. The SMILES string of the molecule is Cn1c(-c2c(C(F)(F)F)n[nH]c2-c2ncc3[nH]ccc3n2)cnc1C(=O)Nc1ccc(C(=O)N2CCN(C(=O)C3CC[N+](CC(=O)O)(CC4CNC4)CC3)CC2)c(Cl)c1. The third-order valence-electron chi connectivity index (χ3n) is 11.6. The van der Waals surface area contributed by atoms with E-state index in [1.54, 1.807) is 22.1 Å². The van der Waals surface area contributed by atoms with Crippen molar-refractivity contribution in [1.82, 2.24) is 49.8 Å². The Kier molecular flexibility index (Phi) is 10.6. The summed E-state index contributed by atoms with van der Waals surface area (Å²) in [7, 11) is 1.39. The third-order valence-corrected chi connectivity index (χ3v) is 11.9. The standard InChI is InChI=1S/C38H40ClF3N12O5/c1-51-28(30-31(49-50-32(30)38(40,41)42)33-45-17-27-26(48-33)4-7-44-27)18-46-34(51)35(57)47-23-2-3-24(25(39)14-23)37(59)53-10-8-52(9-11-53)36(58)22-5-12-54(13-6-22,20-29(55)56)19-21-15-43-16-21/h2-4,7,14,17-18,21-22,43H,5-6,8-13,15-16,19-20H2,1H3,(H3-,44,45,46,47,48,49,50,55,56,57,59)/p+1. The van der Waals surface area contributed by atoms with Gasteiger partial charge in [-0.2, -0.15) is 18.3 Å². The van der Waals surface area contributed by atoms with E-state index in [0.29, 0.717) is 73.5 Å². The maximum Gasteiger partial charge on any atom is 0.435 e. The number of piperazine rings is 1. The molecular weight excluding hydrogens is 797 g/mol. The average Bonchev–Trinajstić information content (AvgIpc) is 3.94. The van der Waals surface area contributed by atoms with Gasteiger partial charge in [-0.3, -0.25) is 19.5 Å². The summed E-state index contributed by atoms with van der Waals surface area (Å²) in [6.07, 6.45) is 0.574. The topological polar surface area (TPSA) is 207 Å². The van der Waals surface area contributed by atoms with Crippen molar-refractivity contribution < 1.29 is 41.9 Å². The Labute approximate surface area is 339 Å². The average molecular weight is 838 g/mol. The van der Waals surface area contributed by atoms with E-state index in [9.17, 15) is 37.5 Å². The molecule has 7 heterocycles. The van der Waals surface area contributed by atoms with Crippen LogP contribution >= 0.6 is 11.6 Å². The van der Waals surface area contributed by atoms with Crippen molar-refractivity contribution >= 4 is 52.0 Å². The normalized spacial score (nSPS) is 20.1. The number of anilines is 1. The largest absolute Gasteiger partial charge is 0.477 e. The van der Waals surface area contributed by atoms with Gasteiger partial charge in [0.05, 0.1) is 64.9 Å². The van der Waals surface area contributed by atoms with Crippen molar-refractivity contribution in [2.75, 3.05) is 70.8 Å². The van der Waals surface area contributed by atoms with E-state index < -0.39 is 23.7 Å². The van der Waals surface area contributed by atoms with Crippen molar-refractivity contribution in [2.45, 2.75) is 19.0 Å². The molecule has 3 fully saturated rings. The molecular formula is C38H41ClF3N12O5+. The lowest BCUT2D eigenvalue weighted by Gasteiger charge is -2.46. The summed E-state index contributed by atoms with van der Waals surface area (Å²) in [6, 6.07) is 6.00. The molecule has 310 valence electrons. The smallest absolute Gasteiger partial charge is 0.435 e. The lowest BCUT2D eigenvalue weighted by atomic mass is 9.90. The lowest BCUT2D eigenvalue weighted by Crippen LogP contribution is -2.62. The van der Waals surface area contributed by atoms with Gasteiger partial charge in [-0.1, -0.05) is 11.6 Å². The summed E-state index contributed by atoms with van der Waals surface area (Å²) in [4.78, 5) is 71.2. The molecule has 4 aromatic heterocycles. The van der Waals surface area contributed by atoms with Crippen molar-refractivity contribution in [2.24, 2.45) is 18.9 Å².